The summed E-state index contributed by atoms with van der Waals surface area (Å²) in [7, 11) is 0. The molecule has 3 rings (SSSR count). The van der Waals surface area contributed by atoms with Gasteiger partial charge in [0.05, 0.1) is 5.02 Å². The minimum absolute atomic E-state index is 0. The van der Waals surface area contributed by atoms with Gasteiger partial charge in [0.15, 0.2) is 17.8 Å². The predicted octanol–water partition coefficient (Wildman–Crippen LogP) is 3.32. The van der Waals surface area contributed by atoms with E-state index in [4.69, 9.17) is 16.0 Å². The van der Waals surface area contributed by atoms with E-state index in [0.717, 1.165) is 25.9 Å². The van der Waals surface area contributed by atoms with E-state index in [1.54, 1.807) is 6.07 Å². The maximum atomic E-state index is 12.4. The Morgan fingerprint density at radius 1 is 1.35 bits per heavy atom. The summed E-state index contributed by atoms with van der Waals surface area (Å²) in [5.41, 5.74) is 0.942. The third-order valence-corrected chi connectivity index (χ3v) is 3.86. The van der Waals surface area contributed by atoms with Crippen LogP contribution in [-0.2, 0) is 0 Å². The molecule has 0 unspecified atom stereocenters. The Kier molecular flexibility index (Phi) is 7.85. The molecule has 1 fully saturated rings. The first-order valence-electron chi connectivity index (χ1n) is 6.95. The number of hydrogen-bond acceptors (Lipinski definition) is 4. The van der Waals surface area contributed by atoms with Gasteiger partial charge in [0.1, 0.15) is 0 Å². The van der Waals surface area contributed by atoms with Crippen molar-refractivity contribution >= 4 is 42.3 Å². The highest BCUT2D eigenvalue weighted by molar-refractivity contribution is 6.33. The molecule has 1 aromatic carbocycles. The number of oxazole rings is 1. The number of carbonyl (C=O) groups excluding carboxylic acids is 1. The summed E-state index contributed by atoms with van der Waals surface area (Å²) in [5.74, 6) is 0.175. The lowest BCUT2D eigenvalue weighted by atomic mass is 10.1. The van der Waals surface area contributed by atoms with Crippen molar-refractivity contribution in [1.29, 1.82) is 0 Å². The molecule has 2 heterocycles. The van der Waals surface area contributed by atoms with E-state index < -0.39 is 0 Å². The Labute approximate surface area is 152 Å². The second-order valence-corrected chi connectivity index (χ2v) is 5.43. The summed E-state index contributed by atoms with van der Waals surface area (Å²) in [4.78, 5) is 16.4. The summed E-state index contributed by atoms with van der Waals surface area (Å²) in [5, 5.41) is 6.78. The number of halogens is 3. The van der Waals surface area contributed by atoms with Crippen molar-refractivity contribution in [2.45, 2.75) is 18.9 Å². The van der Waals surface area contributed by atoms with Crippen molar-refractivity contribution in [3.63, 3.8) is 0 Å². The van der Waals surface area contributed by atoms with E-state index in [1.165, 1.54) is 6.39 Å². The number of benzene rings is 1. The Morgan fingerprint density at radius 3 is 2.83 bits per heavy atom. The Bertz CT molecular complexity index is 642. The van der Waals surface area contributed by atoms with Gasteiger partial charge in [-0.2, -0.15) is 0 Å². The number of rotatable bonds is 3. The number of aromatic nitrogens is 1. The Hall–Kier alpha value is -1.27. The molecule has 126 valence electrons. The Morgan fingerprint density at radius 2 is 2.13 bits per heavy atom. The lowest BCUT2D eigenvalue weighted by Gasteiger charge is -2.23. The van der Waals surface area contributed by atoms with Crippen LogP contribution in [0, 0.1) is 0 Å². The molecule has 1 saturated heterocycles. The molecule has 0 spiro atoms. The molecule has 8 heteroatoms. The first-order chi connectivity index (χ1) is 10.3. The second kappa shape index (κ2) is 9.13. The first kappa shape index (κ1) is 19.8. The number of carbonyl (C=O) groups is 1. The van der Waals surface area contributed by atoms with E-state index >= 15 is 0 Å². The maximum absolute atomic E-state index is 12.4. The highest BCUT2D eigenvalue weighted by Crippen LogP contribution is 2.29. The summed E-state index contributed by atoms with van der Waals surface area (Å²) in [6.07, 6.45) is 3.30. The van der Waals surface area contributed by atoms with Crippen LogP contribution in [0.1, 0.15) is 23.3 Å². The fourth-order valence-corrected chi connectivity index (χ4v) is 2.69. The van der Waals surface area contributed by atoms with Gasteiger partial charge in [0, 0.05) is 18.2 Å². The molecule has 2 N–H and O–H groups in total. The number of piperidine rings is 1. The van der Waals surface area contributed by atoms with Gasteiger partial charge >= 0.3 is 0 Å². The van der Waals surface area contributed by atoms with E-state index in [0.29, 0.717) is 16.3 Å². The fraction of sp³-hybridized carbons (Fsp3) is 0.333. The van der Waals surface area contributed by atoms with Gasteiger partial charge < -0.3 is 15.1 Å². The highest BCUT2D eigenvalue weighted by Gasteiger charge is 2.23. The monoisotopic (exact) mass is 377 g/mol. The molecule has 5 nitrogen and oxygen atoms in total. The summed E-state index contributed by atoms with van der Waals surface area (Å²) in [6, 6.07) is 7.36. The molecule has 1 aliphatic rings. The SMILES string of the molecule is Cl.Cl.O=C(N[C@H]1CCCNC1)c1ncoc1-c1ccccc1Cl. The zero-order valence-electron chi connectivity index (χ0n) is 12.3. The molecule has 1 aliphatic heterocycles. The van der Waals surface area contributed by atoms with Gasteiger partial charge in [0.2, 0.25) is 0 Å². The van der Waals surface area contributed by atoms with Crippen molar-refractivity contribution in [3.05, 3.63) is 41.4 Å². The standard InChI is InChI=1S/C15H16ClN3O2.2ClH/c16-12-6-2-1-5-11(12)14-13(18-9-21-14)15(20)19-10-4-3-7-17-8-10;;/h1-2,5-6,9-10,17H,3-4,7-8H2,(H,19,20);2*1H/t10-;;/m0../s1. The van der Waals surface area contributed by atoms with Crippen molar-refractivity contribution in [1.82, 2.24) is 15.6 Å². The van der Waals surface area contributed by atoms with E-state index in [-0.39, 0.29) is 42.5 Å². The van der Waals surface area contributed by atoms with Crippen molar-refractivity contribution < 1.29 is 9.21 Å². The topological polar surface area (TPSA) is 67.2 Å². The van der Waals surface area contributed by atoms with Crippen LogP contribution in [0.5, 0.6) is 0 Å². The van der Waals surface area contributed by atoms with Crippen molar-refractivity contribution in [3.8, 4) is 11.3 Å². The van der Waals surface area contributed by atoms with Gasteiger partial charge in [-0.05, 0) is 31.5 Å². The van der Waals surface area contributed by atoms with E-state index in [9.17, 15) is 4.79 Å². The number of amides is 1. The fourth-order valence-electron chi connectivity index (χ4n) is 2.47. The zero-order valence-corrected chi connectivity index (χ0v) is 14.6. The largest absolute Gasteiger partial charge is 0.443 e. The lowest BCUT2D eigenvalue weighted by Crippen LogP contribution is -2.45. The van der Waals surface area contributed by atoms with Crippen LogP contribution in [0.2, 0.25) is 5.02 Å². The van der Waals surface area contributed by atoms with Gasteiger partial charge in [-0.15, -0.1) is 24.8 Å². The lowest BCUT2D eigenvalue weighted by molar-refractivity contribution is 0.0926. The quantitative estimate of drug-likeness (QED) is 0.860. The third kappa shape index (κ3) is 4.61. The third-order valence-electron chi connectivity index (χ3n) is 3.53. The van der Waals surface area contributed by atoms with Gasteiger partial charge in [-0.25, -0.2) is 4.98 Å². The maximum Gasteiger partial charge on any atom is 0.274 e. The molecular formula is C15H18Cl3N3O2. The smallest absolute Gasteiger partial charge is 0.274 e. The molecule has 0 radical (unpaired) electrons. The second-order valence-electron chi connectivity index (χ2n) is 5.03. The molecule has 0 saturated carbocycles. The summed E-state index contributed by atoms with van der Waals surface area (Å²) < 4.78 is 5.37. The minimum Gasteiger partial charge on any atom is -0.443 e. The number of nitrogens with zero attached hydrogens (tertiary/aromatic N) is 1. The number of nitrogens with one attached hydrogen (secondary N) is 2. The van der Waals surface area contributed by atoms with E-state index in [1.807, 2.05) is 18.2 Å². The van der Waals surface area contributed by atoms with Gasteiger partial charge in [-0.3, -0.25) is 4.79 Å². The minimum atomic E-state index is -0.229. The number of hydrogen-bond donors (Lipinski definition) is 2. The average Bonchev–Trinajstić information content (AvgIpc) is 2.98. The summed E-state index contributed by atoms with van der Waals surface area (Å²) in [6.45, 7) is 1.78. The Balaban J connectivity index is 0.00000132. The molecule has 0 aliphatic carbocycles. The summed E-state index contributed by atoms with van der Waals surface area (Å²) >= 11 is 6.15. The normalized spacial score (nSPS) is 16.8. The zero-order chi connectivity index (χ0) is 14.7. The van der Waals surface area contributed by atoms with Crippen LogP contribution in [0.15, 0.2) is 35.1 Å². The van der Waals surface area contributed by atoms with Crippen LogP contribution in [-0.4, -0.2) is 30.0 Å². The molecule has 1 atom stereocenters. The van der Waals surface area contributed by atoms with Crippen LogP contribution in [0.3, 0.4) is 0 Å². The van der Waals surface area contributed by atoms with Crippen molar-refractivity contribution in [2.24, 2.45) is 0 Å². The van der Waals surface area contributed by atoms with E-state index in [2.05, 4.69) is 15.6 Å². The average molecular weight is 379 g/mol. The predicted molar refractivity (Wildman–Crippen MR) is 94.8 cm³/mol. The molecule has 23 heavy (non-hydrogen) atoms. The molecule has 1 aromatic heterocycles. The molecule has 2 aromatic rings. The van der Waals surface area contributed by atoms with Crippen molar-refractivity contribution in [2.75, 3.05) is 13.1 Å². The van der Waals surface area contributed by atoms with Gasteiger partial charge in [0.25, 0.3) is 5.91 Å². The van der Waals surface area contributed by atoms with Crippen LogP contribution >= 0.6 is 36.4 Å². The first-order valence-corrected chi connectivity index (χ1v) is 7.33. The molecular weight excluding hydrogens is 361 g/mol. The van der Waals surface area contributed by atoms with Crippen LogP contribution in [0.25, 0.3) is 11.3 Å². The highest BCUT2D eigenvalue weighted by atomic mass is 35.5. The molecule has 0 bridgehead atoms. The van der Waals surface area contributed by atoms with Gasteiger partial charge in [-0.1, -0.05) is 23.7 Å². The van der Waals surface area contributed by atoms with Crippen LogP contribution in [0.4, 0.5) is 0 Å². The molecule has 1 amide bonds. The van der Waals surface area contributed by atoms with Crippen LogP contribution < -0.4 is 10.6 Å².